The van der Waals surface area contributed by atoms with Crippen molar-refractivity contribution in [2.75, 3.05) is 44.0 Å². The van der Waals surface area contributed by atoms with Crippen LogP contribution in [0.1, 0.15) is 75.2 Å². The van der Waals surface area contributed by atoms with E-state index in [1.807, 2.05) is 12.1 Å². The highest BCUT2D eigenvalue weighted by Crippen LogP contribution is 2.56. The molecule has 0 spiro atoms. The van der Waals surface area contributed by atoms with E-state index in [0.717, 1.165) is 70.5 Å². The lowest BCUT2D eigenvalue weighted by Gasteiger charge is -2.49. The number of anilines is 2. The van der Waals surface area contributed by atoms with Crippen LogP contribution in [0, 0.1) is 23.7 Å². The van der Waals surface area contributed by atoms with Gasteiger partial charge in [-0.3, -0.25) is 14.5 Å². The van der Waals surface area contributed by atoms with E-state index < -0.39 is 0 Å². The quantitative estimate of drug-likeness (QED) is 0.411. The molecule has 2 heterocycles. The molecule has 0 unspecified atom stereocenters. The molecule has 5 saturated carbocycles. The van der Waals surface area contributed by atoms with E-state index in [9.17, 15) is 9.59 Å². The van der Waals surface area contributed by atoms with E-state index in [2.05, 4.69) is 63.7 Å². The highest BCUT2D eigenvalue weighted by atomic mass is 16.5. The summed E-state index contributed by atoms with van der Waals surface area (Å²) in [6, 6.07) is 8.05. The minimum atomic E-state index is -0.293. The molecular weight excluding hydrogens is 556 g/mol. The van der Waals surface area contributed by atoms with Gasteiger partial charge < -0.3 is 25.4 Å². The molecule has 8 rings (SSSR count). The zero-order chi connectivity index (χ0) is 30.6. The first-order valence-electron chi connectivity index (χ1n) is 16.4. The largest absolute Gasteiger partial charge is 0.480 e. The van der Waals surface area contributed by atoms with Crippen LogP contribution >= 0.6 is 0 Å². The van der Waals surface area contributed by atoms with Crippen molar-refractivity contribution in [2.45, 2.75) is 82.3 Å². The highest BCUT2D eigenvalue weighted by Gasteiger charge is 2.59. The van der Waals surface area contributed by atoms with Crippen LogP contribution in [0.3, 0.4) is 0 Å². The number of amides is 2. The van der Waals surface area contributed by atoms with Gasteiger partial charge in [0.05, 0.1) is 26.2 Å². The van der Waals surface area contributed by atoms with Crippen LogP contribution in [-0.4, -0.2) is 77.7 Å². The molecule has 4 bridgehead atoms. The van der Waals surface area contributed by atoms with Gasteiger partial charge in [-0.2, -0.15) is 0 Å². The fourth-order valence-electron chi connectivity index (χ4n) is 8.94. The number of morpholine rings is 1. The summed E-state index contributed by atoms with van der Waals surface area (Å²) in [5.41, 5.74) is 2.49. The third kappa shape index (κ3) is 5.23. The summed E-state index contributed by atoms with van der Waals surface area (Å²) in [7, 11) is 1.53. The maximum absolute atomic E-state index is 14.1. The number of hydrogen-bond acceptors (Lipinski definition) is 8. The number of methoxy groups -OCH3 is 1. The van der Waals surface area contributed by atoms with Crippen LogP contribution in [0.4, 0.5) is 11.5 Å². The topological polar surface area (TPSA) is 118 Å². The summed E-state index contributed by atoms with van der Waals surface area (Å²) in [4.78, 5) is 39.3. The molecule has 0 radical (unpaired) electrons. The molecule has 6 fully saturated rings. The number of hydrogen-bond donors (Lipinski definition) is 3. The van der Waals surface area contributed by atoms with Crippen molar-refractivity contribution in [2.24, 2.45) is 23.7 Å². The monoisotopic (exact) mass is 602 g/mol. The molecule has 2 aromatic rings. The molecule has 236 valence electrons. The number of nitrogens with one attached hydrogen (secondary N) is 3. The Morgan fingerprint density at radius 2 is 1.82 bits per heavy atom. The Bertz CT molecular complexity index is 1410. The molecule has 1 aromatic carbocycles. The van der Waals surface area contributed by atoms with Gasteiger partial charge >= 0.3 is 0 Å². The lowest BCUT2D eigenvalue weighted by atomic mass is 9.75. The van der Waals surface area contributed by atoms with Crippen LogP contribution < -0.4 is 20.7 Å². The average molecular weight is 603 g/mol. The number of carbonyl (C=O) groups is 2. The first kappa shape index (κ1) is 29.5. The maximum atomic E-state index is 14.1. The summed E-state index contributed by atoms with van der Waals surface area (Å²) in [6.45, 7) is 10.0. The van der Waals surface area contributed by atoms with E-state index in [1.54, 1.807) is 0 Å². The average Bonchev–Trinajstić information content (AvgIpc) is 3.77. The predicted octanol–water partition coefficient (Wildman–Crippen LogP) is 4.23. The number of fused-ring (bicyclic) bond motifs is 3. The molecule has 10 heteroatoms. The van der Waals surface area contributed by atoms with Gasteiger partial charge in [0.1, 0.15) is 17.7 Å². The normalized spacial score (nSPS) is 32.6. The Morgan fingerprint density at radius 3 is 2.57 bits per heavy atom. The van der Waals surface area contributed by atoms with Crippen molar-refractivity contribution in [3.8, 4) is 5.88 Å². The summed E-state index contributed by atoms with van der Waals surface area (Å²) in [6.07, 6.45) is 7.77. The summed E-state index contributed by atoms with van der Waals surface area (Å²) < 4.78 is 11.2. The predicted molar refractivity (Wildman–Crippen MR) is 168 cm³/mol. The van der Waals surface area contributed by atoms with Crippen LogP contribution in [-0.2, 0) is 14.9 Å². The van der Waals surface area contributed by atoms with Crippen molar-refractivity contribution in [1.82, 2.24) is 20.2 Å². The van der Waals surface area contributed by atoms with E-state index in [1.165, 1.54) is 19.0 Å². The van der Waals surface area contributed by atoms with Crippen molar-refractivity contribution in [3.05, 3.63) is 41.7 Å². The zero-order valence-corrected chi connectivity index (χ0v) is 26.4. The summed E-state index contributed by atoms with van der Waals surface area (Å²) in [5.74, 6) is 1.21. The van der Waals surface area contributed by atoms with Crippen LogP contribution in [0.25, 0.3) is 0 Å². The number of rotatable bonds is 8. The highest BCUT2D eigenvalue weighted by molar-refractivity contribution is 6.02. The first-order valence-corrected chi connectivity index (χ1v) is 16.4. The molecule has 44 heavy (non-hydrogen) atoms. The molecule has 3 N–H and O–H groups in total. The molecule has 1 aromatic heterocycles. The van der Waals surface area contributed by atoms with Crippen LogP contribution in [0.2, 0.25) is 0 Å². The molecule has 1 aliphatic heterocycles. The first-order chi connectivity index (χ1) is 21.1. The Morgan fingerprint density at radius 1 is 1.05 bits per heavy atom. The van der Waals surface area contributed by atoms with Gasteiger partial charge in [0.15, 0.2) is 0 Å². The standard InChI is InChI=1S/C34H46N6O4/c1-33(2,3)23-6-5-7-24(15-23)37-30(41)26-20-8-9-21(14-20)28(26)39-31(42)27-29(35-19-36-32(27)43-4)38-25-18-34(16-22(25)17-34)40-10-12-44-13-11-40/h5-7,15,19-22,25-26,28H,8-14,16-18H2,1-4H3,(H,37,41)(H,39,42)(H,35,36,38)/t20-,21+,22?,25+,26+,28-,34?/m1/s1. The van der Waals surface area contributed by atoms with Gasteiger partial charge in [0.2, 0.25) is 11.8 Å². The number of benzene rings is 1. The SMILES string of the molecule is COc1ncnc(N[C@H]2CC3(N4CCOCC4)CC2C3)c1C(=O)N[C@@H]1[C@H]2CC[C@H](C2)[C@@H]1C(=O)Nc1cccc(C(C)(C)C)c1. The van der Waals surface area contributed by atoms with Gasteiger partial charge in [-0.05, 0) is 79.4 Å². The Kier molecular flexibility index (Phi) is 7.56. The number of nitrogens with zero attached hydrogens (tertiary/aromatic N) is 3. The third-order valence-electron chi connectivity index (χ3n) is 11.2. The second-order valence-electron chi connectivity index (χ2n) is 14.7. The Balaban J connectivity index is 1.08. The molecule has 10 nitrogen and oxygen atoms in total. The van der Waals surface area contributed by atoms with Gasteiger partial charge in [-0.15, -0.1) is 0 Å². The summed E-state index contributed by atoms with van der Waals surface area (Å²) in [5, 5.41) is 10.1. The minimum Gasteiger partial charge on any atom is -0.480 e. The van der Waals surface area contributed by atoms with E-state index in [-0.39, 0.29) is 58.5 Å². The van der Waals surface area contributed by atoms with Crippen molar-refractivity contribution >= 4 is 23.3 Å². The van der Waals surface area contributed by atoms with Crippen LogP contribution in [0.5, 0.6) is 5.88 Å². The second-order valence-corrected chi connectivity index (χ2v) is 14.7. The van der Waals surface area contributed by atoms with Gasteiger partial charge in [-0.1, -0.05) is 32.9 Å². The van der Waals surface area contributed by atoms with Gasteiger partial charge in [-0.25, -0.2) is 9.97 Å². The maximum Gasteiger partial charge on any atom is 0.260 e. The fraction of sp³-hybridized carbons (Fsp3) is 0.647. The van der Waals surface area contributed by atoms with E-state index >= 15 is 0 Å². The molecule has 1 saturated heterocycles. The molecule has 5 aliphatic carbocycles. The number of carbonyl (C=O) groups excluding carboxylic acids is 2. The lowest BCUT2D eigenvalue weighted by Crippen LogP contribution is -2.56. The second kappa shape index (κ2) is 11.3. The molecule has 5 atom stereocenters. The Labute approximate surface area is 260 Å². The lowest BCUT2D eigenvalue weighted by molar-refractivity contribution is -0.122. The van der Waals surface area contributed by atoms with Gasteiger partial charge in [0.25, 0.3) is 5.91 Å². The van der Waals surface area contributed by atoms with E-state index in [4.69, 9.17) is 9.47 Å². The summed E-state index contributed by atoms with van der Waals surface area (Å²) >= 11 is 0. The number of ether oxygens (including phenoxy) is 2. The zero-order valence-electron chi connectivity index (χ0n) is 26.4. The molecule has 2 amide bonds. The third-order valence-corrected chi connectivity index (χ3v) is 11.2. The van der Waals surface area contributed by atoms with Crippen molar-refractivity contribution in [3.63, 3.8) is 0 Å². The fourth-order valence-corrected chi connectivity index (χ4v) is 8.94. The molecular formula is C34H46N6O4. The Hall–Kier alpha value is -3.24. The minimum absolute atomic E-state index is 0.0196. The van der Waals surface area contributed by atoms with Crippen LogP contribution in [0.15, 0.2) is 30.6 Å². The smallest absolute Gasteiger partial charge is 0.260 e. The molecule has 6 aliphatic rings. The van der Waals surface area contributed by atoms with E-state index in [0.29, 0.717) is 17.3 Å². The van der Waals surface area contributed by atoms with Gasteiger partial charge in [0, 0.05) is 36.4 Å². The van der Waals surface area contributed by atoms with Crippen molar-refractivity contribution < 1.29 is 19.1 Å². The van der Waals surface area contributed by atoms with Crippen molar-refractivity contribution in [1.29, 1.82) is 0 Å². The number of aromatic nitrogens is 2.